The van der Waals surface area contributed by atoms with E-state index < -0.39 is 0 Å². The molecule has 0 fully saturated rings. The number of nitrogens with one attached hydrogen (secondary N) is 1. The molecule has 29 heavy (non-hydrogen) atoms. The molecule has 5 nitrogen and oxygen atoms in total. The van der Waals surface area contributed by atoms with Gasteiger partial charge in [0.1, 0.15) is 11.6 Å². The summed E-state index contributed by atoms with van der Waals surface area (Å²) in [6, 6.07) is 12.6. The van der Waals surface area contributed by atoms with Gasteiger partial charge in [-0.3, -0.25) is 0 Å². The highest BCUT2D eigenvalue weighted by Crippen LogP contribution is 2.27. The Kier molecular flexibility index (Phi) is 5.32. The zero-order valence-electron chi connectivity index (χ0n) is 16.5. The summed E-state index contributed by atoms with van der Waals surface area (Å²) in [4.78, 5) is 9.21. The Bertz CT molecular complexity index is 1200. The Labute approximate surface area is 177 Å². The first kappa shape index (κ1) is 19.5. The van der Waals surface area contributed by atoms with E-state index in [-0.39, 0.29) is 5.82 Å². The molecule has 2 heterocycles. The van der Waals surface area contributed by atoms with Gasteiger partial charge in [0.25, 0.3) is 5.78 Å². The van der Waals surface area contributed by atoms with Crippen LogP contribution in [0.15, 0.2) is 46.9 Å². The Hall–Kier alpha value is -2.80. The minimum Gasteiger partial charge on any atom is -0.340 e. The van der Waals surface area contributed by atoms with Gasteiger partial charge >= 0.3 is 0 Å². The van der Waals surface area contributed by atoms with Crippen molar-refractivity contribution in [1.29, 1.82) is 0 Å². The van der Waals surface area contributed by atoms with E-state index in [2.05, 4.69) is 56.2 Å². The maximum absolute atomic E-state index is 13.5. The number of aromatic nitrogens is 4. The van der Waals surface area contributed by atoms with E-state index in [0.717, 1.165) is 44.8 Å². The molecule has 2 aromatic heterocycles. The highest BCUT2D eigenvalue weighted by atomic mass is 79.9. The van der Waals surface area contributed by atoms with Crippen LogP contribution in [0.4, 0.5) is 15.9 Å². The molecule has 1 N–H and O–H groups in total. The first-order valence-electron chi connectivity index (χ1n) is 9.47. The minimum absolute atomic E-state index is 0.263. The van der Waals surface area contributed by atoms with Crippen molar-refractivity contribution in [3.05, 3.63) is 81.0 Å². The van der Waals surface area contributed by atoms with Crippen LogP contribution >= 0.6 is 15.9 Å². The second-order valence-electron chi connectivity index (χ2n) is 7.01. The van der Waals surface area contributed by atoms with Gasteiger partial charge in [0.15, 0.2) is 5.82 Å². The lowest BCUT2D eigenvalue weighted by atomic mass is 10.1. The van der Waals surface area contributed by atoms with Crippen LogP contribution in [0.5, 0.6) is 0 Å². The number of halogens is 2. The first-order chi connectivity index (χ1) is 13.9. The van der Waals surface area contributed by atoms with Crippen LogP contribution in [0.3, 0.4) is 0 Å². The lowest BCUT2D eigenvalue weighted by Crippen LogP contribution is -2.08. The van der Waals surface area contributed by atoms with E-state index >= 15 is 0 Å². The smallest absolute Gasteiger partial charge is 0.254 e. The summed E-state index contributed by atoms with van der Waals surface area (Å²) in [5.41, 5.74) is 4.93. The van der Waals surface area contributed by atoms with Crippen molar-refractivity contribution in [1.82, 2.24) is 19.6 Å². The maximum Gasteiger partial charge on any atom is 0.254 e. The fraction of sp³-hybridized carbons (Fsp3) is 0.227. The van der Waals surface area contributed by atoms with Gasteiger partial charge in [-0.25, -0.2) is 9.37 Å². The summed E-state index contributed by atoms with van der Waals surface area (Å²) in [6.07, 6.45) is 1.25. The molecule has 0 spiro atoms. The molecule has 0 bridgehead atoms. The fourth-order valence-corrected chi connectivity index (χ4v) is 3.65. The Morgan fingerprint density at radius 1 is 1.10 bits per heavy atom. The predicted molar refractivity (Wildman–Crippen MR) is 116 cm³/mol. The molecule has 0 amide bonds. The van der Waals surface area contributed by atoms with E-state index in [4.69, 9.17) is 0 Å². The van der Waals surface area contributed by atoms with Crippen molar-refractivity contribution in [3.8, 4) is 0 Å². The average molecular weight is 454 g/mol. The van der Waals surface area contributed by atoms with Gasteiger partial charge < -0.3 is 5.32 Å². The van der Waals surface area contributed by atoms with E-state index in [1.54, 1.807) is 10.6 Å². The molecule has 0 aliphatic rings. The number of benzene rings is 2. The second kappa shape index (κ2) is 7.91. The molecule has 2 aromatic carbocycles. The SMILES string of the molecule is CCc1c(C)nc2nc(Cc3cccc(F)c3)nn2c1Nc1ccc(Br)c(C)c1. The number of nitrogens with zero attached hydrogens (tertiary/aromatic N) is 4. The van der Waals surface area contributed by atoms with Crippen molar-refractivity contribution in [2.45, 2.75) is 33.6 Å². The van der Waals surface area contributed by atoms with Gasteiger partial charge in [-0.1, -0.05) is 35.0 Å². The van der Waals surface area contributed by atoms with Crippen LogP contribution in [-0.2, 0) is 12.8 Å². The quantitative estimate of drug-likeness (QED) is 0.430. The standard InChI is InChI=1S/C22H21BrFN5/c1-4-18-14(3)25-22-27-20(12-15-6-5-7-16(24)11-15)28-29(22)21(18)26-17-8-9-19(23)13(2)10-17/h5-11,26H,4,12H2,1-3H3. The predicted octanol–water partition coefficient (Wildman–Crippen LogP) is 5.54. The minimum atomic E-state index is -0.263. The van der Waals surface area contributed by atoms with Gasteiger partial charge in [0.05, 0.1) is 0 Å². The van der Waals surface area contributed by atoms with Crippen molar-refractivity contribution in [2.24, 2.45) is 0 Å². The molecule has 0 saturated carbocycles. The van der Waals surface area contributed by atoms with Crippen LogP contribution in [0.25, 0.3) is 5.78 Å². The van der Waals surface area contributed by atoms with Gasteiger partial charge in [0, 0.05) is 27.8 Å². The molecule has 0 unspecified atom stereocenters. The largest absolute Gasteiger partial charge is 0.340 e. The third-order valence-corrected chi connectivity index (χ3v) is 5.75. The molecular formula is C22H21BrFN5. The number of hydrogen-bond donors (Lipinski definition) is 1. The molecule has 4 rings (SSSR count). The van der Waals surface area contributed by atoms with Crippen LogP contribution in [0.2, 0.25) is 0 Å². The molecule has 4 aromatic rings. The average Bonchev–Trinajstić information content (AvgIpc) is 3.07. The number of anilines is 2. The number of fused-ring (bicyclic) bond motifs is 1. The van der Waals surface area contributed by atoms with E-state index in [1.807, 2.05) is 25.1 Å². The first-order valence-corrected chi connectivity index (χ1v) is 10.3. The molecule has 0 radical (unpaired) electrons. The maximum atomic E-state index is 13.5. The van der Waals surface area contributed by atoms with Gasteiger partial charge in [-0.05, 0) is 61.7 Å². The topological polar surface area (TPSA) is 55.1 Å². The van der Waals surface area contributed by atoms with E-state index in [9.17, 15) is 4.39 Å². The zero-order valence-corrected chi connectivity index (χ0v) is 18.1. The summed E-state index contributed by atoms with van der Waals surface area (Å²) in [5.74, 6) is 1.73. The van der Waals surface area contributed by atoms with Crippen LogP contribution in [-0.4, -0.2) is 19.6 Å². The molecule has 7 heteroatoms. The number of aryl methyl sites for hydroxylation is 2. The molecule has 0 aliphatic carbocycles. The van der Waals surface area contributed by atoms with E-state index in [1.165, 1.54) is 12.1 Å². The second-order valence-corrected chi connectivity index (χ2v) is 7.87. The summed E-state index contributed by atoms with van der Waals surface area (Å²) in [5, 5.41) is 8.17. The molecule has 0 atom stereocenters. The van der Waals surface area contributed by atoms with Crippen LogP contribution < -0.4 is 5.32 Å². The van der Waals surface area contributed by atoms with Gasteiger partial charge in [-0.2, -0.15) is 9.50 Å². The highest BCUT2D eigenvalue weighted by Gasteiger charge is 2.16. The summed E-state index contributed by atoms with van der Waals surface area (Å²) < 4.78 is 16.3. The highest BCUT2D eigenvalue weighted by molar-refractivity contribution is 9.10. The van der Waals surface area contributed by atoms with Crippen molar-refractivity contribution in [2.75, 3.05) is 5.32 Å². The van der Waals surface area contributed by atoms with Gasteiger partial charge in [0.2, 0.25) is 0 Å². The lowest BCUT2D eigenvalue weighted by molar-refractivity contribution is 0.625. The Balaban J connectivity index is 1.78. The van der Waals surface area contributed by atoms with E-state index in [0.29, 0.717) is 18.0 Å². The third kappa shape index (κ3) is 4.00. The number of rotatable bonds is 5. The summed E-state index contributed by atoms with van der Waals surface area (Å²) >= 11 is 3.54. The van der Waals surface area contributed by atoms with Gasteiger partial charge in [-0.15, -0.1) is 5.10 Å². The Morgan fingerprint density at radius 3 is 2.66 bits per heavy atom. The number of hydrogen-bond acceptors (Lipinski definition) is 4. The van der Waals surface area contributed by atoms with Crippen molar-refractivity contribution < 1.29 is 4.39 Å². The summed E-state index contributed by atoms with van der Waals surface area (Å²) in [6.45, 7) is 6.13. The molecule has 0 aliphatic heterocycles. The normalized spacial score (nSPS) is 11.2. The molecule has 148 valence electrons. The Morgan fingerprint density at radius 2 is 1.93 bits per heavy atom. The summed E-state index contributed by atoms with van der Waals surface area (Å²) in [7, 11) is 0. The van der Waals surface area contributed by atoms with Crippen LogP contribution in [0.1, 0.15) is 35.1 Å². The van der Waals surface area contributed by atoms with Crippen LogP contribution in [0, 0.1) is 19.7 Å². The fourth-order valence-electron chi connectivity index (χ4n) is 3.40. The van der Waals surface area contributed by atoms with Crippen molar-refractivity contribution in [3.63, 3.8) is 0 Å². The monoisotopic (exact) mass is 453 g/mol. The third-order valence-electron chi connectivity index (χ3n) is 4.86. The van der Waals surface area contributed by atoms with Crippen molar-refractivity contribution >= 4 is 33.2 Å². The zero-order chi connectivity index (χ0) is 20.5. The molecular weight excluding hydrogens is 433 g/mol. The molecule has 0 saturated heterocycles. The lowest BCUT2D eigenvalue weighted by Gasteiger charge is -2.14.